The number of hydrogen-bond acceptors (Lipinski definition) is 3. The molecule has 4 rings (SSSR count). The van der Waals surface area contributed by atoms with Gasteiger partial charge in [0.15, 0.2) is 0 Å². The number of carboxylic acid groups (broad SMARTS) is 1. The van der Waals surface area contributed by atoms with Crippen molar-refractivity contribution in [3.63, 3.8) is 0 Å². The van der Waals surface area contributed by atoms with E-state index in [-0.39, 0.29) is 6.54 Å². The number of rotatable bonds is 8. The van der Waals surface area contributed by atoms with Crippen LogP contribution in [0.3, 0.4) is 0 Å². The zero-order chi connectivity index (χ0) is 20.2. The molecule has 0 saturated carbocycles. The number of aryl methyl sites for hydroxylation is 1. The van der Waals surface area contributed by atoms with Crippen molar-refractivity contribution in [2.75, 3.05) is 13.2 Å². The summed E-state index contributed by atoms with van der Waals surface area (Å²) in [6.07, 6.45) is 0.754. The minimum absolute atomic E-state index is 0.0855. The SMILES string of the molecule is Cc1cccc(OCCCOc2ccc3c4ccccc4n(CC(=O)O)c3c2)c1. The Morgan fingerprint density at radius 1 is 0.862 bits per heavy atom. The molecule has 0 radical (unpaired) electrons. The standard InChI is InChI=1S/C24H23NO4/c1-17-6-4-7-18(14-17)28-12-5-13-29-19-10-11-21-20-8-2-3-9-22(20)25(16-24(26)27)23(21)15-19/h2-4,6-11,14-15H,5,12-13,16H2,1H3,(H,26,27). The molecule has 5 heteroatoms. The van der Waals surface area contributed by atoms with Crippen molar-refractivity contribution < 1.29 is 19.4 Å². The van der Waals surface area contributed by atoms with Gasteiger partial charge < -0.3 is 19.1 Å². The van der Waals surface area contributed by atoms with Gasteiger partial charge in [-0.15, -0.1) is 0 Å². The molecule has 1 N–H and O–H groups in total. The van der Waals surface area contributed by atoms with Crippen molar-refractivity contribution in [2.45, 2.75) is 19.9 Å². The van der Waals surface area contributed by atoms with Crippen molar-refractivity contribution in [3.8, 4) is 11.5 Å². The van der Waals surface area contributed by atoms with Crippen LogP contribution in [0.2, 0.25) is 0 Å². The molecule has 4 aromatic rings. The van der Waals surface area contributed by atoms with Gasteiger partial charge in [0.2, 0.25) is 0 Å². The summed E-state index contributed by atoms with van der Waals surface area (Å²) < 4.78 is 13.5. The lowest BCUT2D eigenvalue weighted by molar-refractivity contribution is -0.137. The van der Waals surface area contributed by atoms with Gasteiger partial charge in [-0.1, -0.05) is 30.3 Å². The van der Waals surface area contributed by atoms with E-state index in [4.69, 9.17) is 9.47 Å². The van der Waals surface area contributed by atoms with Crippen LogP contribution >= 0.6 is 0 Å². The smallest absolute Gasteiger partial charge is 0.323 e. The Hall–Kier alpha value is -3.47. The number of carbonyl (C=O) groups is 1. The highest BCUT2D eigenvalue weighted by Crippen LogP contribution is 2.31. The van der Waals surface area contributed by atoms with Gasteiger partial charge in [-0.25, -0.2) is 0 Å². The second kappa shape index (κ2) is 8.27. The molecule has 148 valence electrons. The Morgan fingerprint density at radius 2 is 1.59 bits per heavy atom. The van der Waals surface area contributed by atoms with E-state index in [1.165, 1.54) is 5.56 Å². The quantitative estimate of drug-likeness (QED) is 0.429. The van der Waals surface area contributed by atoms with Crippen molar-refractivity contribution in [1.82, 2.24) is 4.57 Å². The lowest BCUT2D eigenvalue weighted by Crippen LogP contribution is -2.08. The molecule has 1 heterocycles. The number of nitrogens with zero attached hydrogens (tertiary/aromatic N) is 1. The van der Waals surface area contributed by atoms with Crippen molar-refractivity contribution in [2.24, 2.45) is 0 Å². The largest absolute Gasteiger partial charge is 0.493 e. The topological polar surface area (TPSA) is 60.7 Å². The maximum atomic E-state index is 11.4. The Bertz CT molecular complexity index is 1160. The van der Waals surface area contributed by atoms with Gasteiger partial charge in [0.05, 0.1) is 18.7 Å². The van der Waals surface area contributed by atoms with Crippen LogP contribution in [0.15, 0.2) is 66.7 Å². The number of hydrogen-bond donors (Lipinski definition) is 1. The van der Waals surface area contributed by atoms with Crippen LogP contribution in [-0.2, 0) is 11.3 Å². The normalized spacial score (nSPS) is 11.1. The first-order valence-electron chi connectivity index (χ1n) is 9.67. The predicted molar refractivity (Wildman–Crippen MR) is 114 cm³/mol. The van der Waals surface area contributed by atoms with Gasteiger partial charge in [-0.2, -0.15) is 0 Å². The van der Waals surface area contributed by atoms with E-state index in [9.17, 15) is 9.90 Å². The van der Waals surface area contributed by atoms with E-state index < -0.39 is 5.97 Å². The van der Waals surface area contributed by atoms with Crippen LogP contribution in [0, 0.1) is 6.92 Å². The summed E-state index contributed by atoms with van der Waals surface area (Å²) in [5.74, 6) is 0.722. The molecule has 0 atom stereocenters. The average molecular weight is 389 g/mol. The number of ether oxygens (including phenoxy) is 2. The molecule has 1 aromatic heterocycles. The lowest BCUT2D eigenvalue weighted by Gasteiger charge is -2.09. The molecule has 0 spiro atoms. The van der Waals surface area contributed by atoms with Gasteiger partial charge in [0.25, 0.3) is 0 Å². The van der Waals surface area contributed by atoms with Gasteiger partial charge in [-0.05, 0) is 42.8 Å². The molecule has 0 aliphatic heterocycles. The highest BCUT2D eigenvalue weighted by Gasteiger charge is 2.13. The number of para-hydroxylation sites is 1. The zero-order valence-electron chi connectivity index (χ0n) is 16.3. The van der Waals surface area contributed by atoms with E-state index in [0.29, 0.717) is 13.2 Å². The summed E-state index contributed by atoms with van der Waals surface area (Å²) in [7, 11) is 0. The predicted octanol–water partition coefficient (Wildman–Crippen LogP) is 5.04. The van der Waals surface area contributed by atoms with E-state index in [0.717, 1.165) is 39.7 Å². The van der Waals surface area contributed by atoms with Crippen LogP contribution < -0.4 is 9.47 Å². The average Bonchev–Trinajstić information content (AvgIpc) is 3.01. The third-order valence-electron chi connectivity index (χ3n) is 4.85. The van der Waals surface area contributed by atoms with E-state index >= 15 is 0 Å². The van der Waals surface area contributed by atoms with Gasteiger partial charge in [-0.3, -0.25) is 4.79 Å². The summed E-state index contributed by atoms with van der Waals surface area (Å²) in [5, 5.41) is 11.4. The molecule has 0 amide bonds. The minimum atomic E-state index is -0.868. The van der Waals surface area contributed by atoms with Gasteiger partial charge in [0.1, 0.15) is 18.0 Å². The van der Waals surface area contributed by atoms with Crippen LogP contribution in [0.4, 0.5) is 0 Å². The molecular weight excluding hydrogens is 366 g/mol. The highest BCUT2D eigenvalue weighted by molar-refractivity contribution is 6.08. The summed E-state index contributed by atoms with van der Waals surface area (Å²) in [6.45, 7) is 3.05. The number of aromatic nitrogens is 1. The Labute approximate surface area is 169 Å². The fraction of sp³-hybridized carbons (Fsp3) is 0.208. The fourth-order valence-electron chi connectivity index (χ4n) is 3.57. The number of fused-ring (bicyclic) bond motifs is 3. The first-order chi connectivity index (χ1) is 14.1. The fourth-order valence-corrected chi connectivity index (χ4v) is 3.57. The molecule has 0 aliphatic rings. The van der Waals surface area contributed by atoms with Crippen molar-refractivity contribution in [3.05, 3.63) is 72.3 Å². The Morgan fingerprint density at radius 3 is 2.34 bits per heavy atom. The highest BCUT2D eigenvalue weighted by atomic mass is 16.5. The maximum Gasteiger partial charge on any atom is 0.323 e. The zero-order valence-corrected chi connectivity index (χ0v) is 16.3. The molecule has 0 fully saturated rings. The van der Waals surface area contributed by atoms with E-state index in [2.05, 4.69) is 0 Å². The summed E-state index contributed by atoms with van der Waals surface area (Å²) in [4.78, 5) is 11.4. The summed E-state index contributed by atoms with van der Waals surface area (Å²) >= 11 is 0. The Kier molecular flexibility index (Phi) is 5.38. The minimum Gasteiger partial charge on any atom is -0.493 e. The lowest BCUT2D eigenvalue weighted by atomic mass is 10.1. The number of aliphatic carboxylic acids is 1. The van der Waals surface area contributed by atoms with Crippen LogP contribution in [0.25, 0.3) is 21.8 Å². The summed E-state index contributed by atoms with van der Waals surface area (Å²) in [5.41, 5.74) is 2.94. The van der Waals surface area contributed by atoms with Crippen LogP contribution in [-0.4, -0.2) is 28.9 Å². The van der Waals surface area contributed by atoms with Gasteiger partial charge in [0, 0.05) is 28.8 Å². The van der Waals surface area contributed by atoms with Gasteiger partial charge >= 0.3 is 5.97 Å². The molecular formula is C24H23NO4. The Balaban J connectivity index is 1.45. The second-order valence-electron chi connectivity index (χ2n) is 7.04. The molecule has 0 aliphatic carbocycles. The van der Waals surface area contributed by atoms with Crippen molar-refractivity contribution >= 4 is 27.8 Å². The maximum absolute atomic E-state index is 11.4. The molecule has 0 bridgehead atoms. The first kappa shape index (κ1) is 18.9. The first-order valence-corrected chi connectivity index (χ1v) is 9.67. The molecule has 29 heavy (non-hydrogen) atoms. The number of benzene rings is 3. The molecule has 0 unspecified atom stereocenters. The third-order valence-corrected chi connectivity index (χ3v) is 4.85. The molecule has 0 saturated heterocycles. The third kappa shape index (κ3) is 4.19. The number of carboxylic acids is 1. The van der Waals surface area contributed by atoms with Crippen molar-refractivity contribution in [1.29, 1.82) is 0 Å². The van der Waals surface area contributed by atoms with Crippen LogP contribution in [0.1, 0.15) is 12.0 Å². The monoisotopic (exact) mass is 389 g/mol. The summed E-state index contributed by atoms with van der Waals surface area (Å²) in [6, 6.07) is 21.7. The van der Waals surface area contributed by atoms with Crippen LogP contribution in [0.5, 0.6) is 11.5 Å². The van der Waals surface area contributed by atoms with E-state index in [1.807, 2.05) is 78.2 Å². The molecule has 3 aromatic carbocycles. The van der Waals surface area contributed by atoms with E-state index in [1.54, 1.807) is 0 Å². The molecule has 5 nitrogen and oxygen atoms in total. The second-order valence-corrected chi connectivity index (χ2v) is 7.04.